The summed E-state index contributed by atoms with van der Waals surface area (Å²) in [7, 11) is 4.17. The van der Waals surface area contributed by atoms with Gasteiger partial charge in [0.2, 0.25) is 0 Å². The van der Waals surface area contributed by atoms with Crippen LogP contribution < -0.4 is 10.6 Å². The van der Waals surface area contributed by atoms with Crippen LogP contribution in [0.3, 0.4) is 0 Å². The molecular weight excluding hydrogens is 214 g/mol. The van der Waals surface area contributed by atoms with Crippen molar-refractivity contribution in [2.45, 2.75) is 19.9 Å². The van der Waals surface area contributed by atoms with Gasteiger partial charge in [-0.2, -0.15) is 5.10 Å². The monoisotopic (exact) mass is 237 g/mol. The Kier molecular flexibility index (Phi) is 5.86. The average molecular weight is 237 g/mol. The highest BCUT2D eigenvalue weighted by molar-refractivity contribution is 5.45. The first-order valence-corrected chi connectivity index (χ1v) is 6.09. The summed E-state index contributed by atoms with van der Waals surface area (Å²) in [5, 5.41) is 8.15. The second kappa shape index (κ2) is 7.19. The molecule has 0 unspecified atom stereocenters. The number of nitrogens with zero attached hydrogens (tertiary/aromatic N) is 4. The van der Waals surface area contributed by atoms with Crippen LogP contribution in [0, 0.1) is 0 Å². The maximum atomic E-state index is 5.72. The Morgan fingerprint density at radius 1 is 1.29 bits per heavy atom. The second-order valence-electron chi connectivity index (χ2n) is 4.32. The van der Waals surface area contributed by atoms with Gasteiger partial charge >= 0.3 is 0 Å². The summed E-state index contributed by atoms with van der Waals surface area (Å²) in [5.41, 5.74) is 6.78. The molecule has 5 heteroatoms. The van der Waals surface area contributed by atoms with E-state index in [9.17, 15) is 0 Å². The summed E-state index contributed by atoms with van der Waals surface area (Å²) in [6.45, 7) is 5.63. The van der Waals surface area contributed by atoms with Crippen LogP contribution in [0.5, 0.6) is 0 Å². The fraction of sp³-hybridized carbons (Fsp3) is 0.667. The Morgan fingerprint density at radius 2 is 2.06 bits per heavy atom. The number of hydrogen-bond acceptors (Lipinski definition) is 5. The minimum atomic E-state index is 0.509. The van der Waals surface area contributed by atoms with E-state index in [-0.39, 0.29) is 0 Å². The topological polar surface area (TPSA) is 58.3 Å². The molecule has 0 radical (unpaired) electrons. The van der Waals surface area contributed by atoms with Crippen LogP contribution >= 0.6 is 0 Å². The second-order valence-corrected chi connectivity index (χ2v) is 4.32. The van der Waals surface area contributed by atoms with Crippen molar-refractivity contribution in [3.8, 4) is 0 Å². The minimum Gasteiger partial charge on any atom is -0.355 e. The summed E-state index contributed by atoms with van der Waals surface area (Å²) in [5.74, 6) is 0.927. The molecule has 0 aliphatic carbocycles. The Morgan fingerprint density at radius 3 is 2.65 bits per heavy atom. The quantitative estimate of drug-likeness (QED) is 0.757. The Labute approximate surface area is 104 Å². The lowest BCUT2D eigenvalue weighted by molar-refractivity contribution is 0.400. The summed E-state index contributed by atoms with van der Waals surface area (Å²) < 4.78 is 0. The third-order valence-electron chi connectivity index (χ3n) is 2.72. The van der Waals surface area contributed by atoms with E-state index in [4.69, 9.17) is 5.73 Å². The molecule has 0 spiro atoms. The molecule has 2 N–H and O–H groups in total. The molecule has 1 aromatic heterocycles. The number of anilines is 1. The van der Waals surface area contributed by atoms with Gasteiger partial charge in [-0.1, -0.05) is 0 Å². The summed E-state index contributed by atoms with van der Waals surface area (Å²) in [4.78, 5) is 4.42. The molecule has 0 atom stereocenters. The Hall–Kier alpha value is -1.20. The number of aromatic nitrogens is 2. The van der Waals surface area contributed by atoms with Crippen molar-refractivity contribution in [1.29, 1.82) is 0 Å². The van der Waals surface area contributed by atoms with Crippen molar-refractivity contribution in [3.05, 3.63) is 17.8 Å². The molecule has 0 aromatic carbocycles. The van der Waals surface area contributed by atoms with Crippen LogP contribution in [0.15, 0.2) is 12.3 Å². The van der Waals surface area contributed by atoms with Gasteiger partial charge in [0.05, 0.1) is 6.20 Å². The largest absolute Gasteiger partial charge is 0.355 e. The first kappa shape index (κ1) is 13.9. The summed E-state index contributed by atoms with van der Waals surface area (Å²) in [6, 6.07) is 1.94. The molecule has 1 rings (SSSR count). The predicted octanol–water partition coefficient (Wildman–Crippen LogP) is 0.713. The fourth-order valence-corrected chi connectivity index (χ4v) is 1.77. The van der Waals surface area contributed by atoms with E-state index < -0.39 is 0 Å². The molecule has 96 valence electrons. The molecule has 1 aromatic rings. The van der Waals surface area contributed by atoms with E-state index in [1.807, 2.05) is 6.07 Å². The van der Waals surface area contributed by atoms with Gasteiger partial charge in [-0.05, 0) is 40.1 Å². The fourth-order valence-electron chi connectivity index (χ4n) is 1.77. The van der Waals surface area contributed by atoms with Gasteiger partial charge in [0.15, 0.2) is 5.82 Å². The molecule has 5 nitrogen and oxygen atoms in total. The van der Waals surface area contributed by atoms with E-state index in [0.29, 0.717) is 6.54 Å². The molecule has 1 heterocycles. The molecule has 0 aliphatic rings. The Bertz CT molecular complexity index is 326. The third-order valence-corrected chi connectivity index (χ3v) is 2.72. The smallest absolute Gasteiger partial charge is 0.155 e. The van der Waals surface area contributed by atoms with Crippen molar-refractivity contribution in [2.24, 2.45) is 5.73 Å². The molecule has 0 bridgehead atoms. The Balaban J connectivity index is 2.65. The molecule has 0 fully saturated rings. The molecular formula is C12H23N5. The van der Waals surface area contributed by atoms with Crippen molar-refractivity contribution in [1.82, 2.24) is 15.1 Å². The van der Waals surface area contributed by atoms with Gasteiger partial charge in [-0.15, -0.1) is 5.10 Å². The summed E-state index contributed by atoms with van der Waals surface area (Å²) in [6.07, 6.45) is 2.81. The van der Waals surface area contributed by atoms with Crippen LogP contribution in [0.25, 0.3) is 0 Å². The van der Waals surface area contributed by atoms with Crippen LogP contribution in [-0.4, -0.2) is 48.8 Å². The normalized spacial score (nSPS) is 10.9. The maximum Gasteiger partial charge on any atom is 0.155 e. The van der Waals surface area contributed by atoms with E-state index in [0.717, 1.165) is 37.4 Å². The van der Waals surface area contributed by atoms with Crippen LogP contribution in [-0.2, 0) is 6.54 Å². The SMILES string of the molecule is CCN(CCCN(C)C)c1nnccc1CN. The van der Waals surface area contributed by atoms with E-state index >= 15 is 0 Å². The molecule has 0 saturated heterocycles. The van der Waals surface area contributed by atoms with E-state index in [1.165, 1.54) is 0 Å². The highest BCUT2D eigenvalue weighted by atomic mass is 15.3. The lowest BCUT2D eigenvalue weighted by Crippen LogP contribution is -2.29. The van der Waals surface area contributed by atoms with Gasteiger partial charge in [-0.3, -0.25) is 0 Å². The number of rotatable bonds is 7. The third kappa shape index (κ3) is 4.28. The molecule has 0 aliphatic heterocycles. The first-order chi connectivity index (χ1) is 8.19. The average Bonchev–Trinajstić information content (AvgIpc) is 2.34. The van der Waals surface area contributed by atoms with Gasteiger partial charge < -0.3 is 15.5 Å². The van der Waals surface area contributed by atoms with Gasteiger partial charge in [0.1, 0.15) is 0 Å². The highest BCUT2D eigenvalue weighted by Crippen LogP contribution is 2.15. The standard InChI is InChI=1S/C12H23N5/c1-4-17(9-5-8-16(2)3)12-11(10-13)6-7-14-15-12/h6-7H,4-5,8-10,13H2,1-3H3. The van der Waals surface area contributed by atoms with Crippen LogP contribution in [0.4, 0.5) is 5.82 Å². The van der Waals surface area contributed by atoms with E-state index in [2.05, 4.69) is 41.0 Å². The predicted molar refractivity (Wildman–Crippen MR) is 71.0 cm³/mol. The number of hydrogen-bond donors (Lipinski definition) is 1. The van der Waals surface area contributed by atoms with E-state index in [1.54, 1.807) is 6.20 Å². The van der Waals surface area contributed by atoms with Crippen molar-refractivity contribution in [2.75, 3.05) is 38.6 Å². The summed E-state index contributed by atoms with van der Waals surface area (Å²) >= 11 is 0. The zero-order valence-corrected chi connectivity index (χ0v) is 11.1. The minimum absolute atomic E-state index is 0.509. The molecule has 17 heavy (non-hydrogen) atoms. The lowest BCUT2D eigenvalue weighted by atomic mass is 10.2. The lowest BCUT2D eigenvalue weighted by Gasteiger charge is -2.24. The van der Waals surface area contributed by atoms with Gasteiger partial charge in [-0.25, -0.2) is 0 Å². The first-order valence-electron chi connectivity index (χ1n) is 6.09. The van der Waals surface area contributed by atoms with Crippen molar-refractivity contribution in [3.63, 3.8) is 0 Å². The zero-order chi connectivity index (χ0) is 12.7. The van der Waals surface area contributed by atoms with Crippen LogP contribution in [0.1, 0.15) is 18.9 Å². The van der Waals surface area contributed by atoms with Gasteiger partial charge in [0, 0.05) is 25.2 Å². The highest BCUT2D eigenvalue weighted by Gasteiger charge is 2.10. The van der Waals surface area contributed by atoms with Crippen LogP contribution in [0.2, 0.25) is 0 Å². The van der Waals surface area contributed by atoms with Gasteiger partial charge in [0.25, 0.3) is 0 Å². The maximum absolute atomic E-state index is 5.72. The molecule has 0 saturated carbocycles. The zero-order valence-electron chi connectivity index (χ0n) is 11.1. The van der Waals surface area contributed by atoms with Crippen molar-refractivity contribution < 1.29 is 0 Å². The van der Waals surface area contributed by atoms with Crippen molar-refractivity contribution >= 4 is 5.82 Å². The molecule has 0 amide bonds. The number of nitrogens with two attached hydrogens (primary N) is 1.